The van der Waals surface area contributed by atoms with E-state index in [1.54, 1.807) is 11.8 Å². The Morgan fingerprint density at radius 1 is 1.36 bits per heavy atom. The third-order valence-corrected chi connectivity index (χ3v) is 4.90. The molecule has 4 nitrogen and oxygen atoms in total. The van der Waals surface area contributed by atoms with E-state index in [0.29, 0.717) is 0 Å². The van der Waals surface area contributed by atoms with Crippen molar-refractivity contribution >= 4 is 17.7 Å². The van der Waals surface area contributed by atoms with E-state index in [-0.39, 0.29) is 17.2 Å². The Balaban J connectivity index is 1.93. The van der Waals surface area contributed by atoms with Gasteiger partial charge in [0, 0.05) is 24.9 Å². The van der Waals surface area contributed by atoms with Crippen molar-refractivity contribution in [2.45, 2.75) is 31.1 Å². The van der Waals surface area contributed by atoms with Gasteiger partial charge in [0.2, 0.25) is 5.91 Å². The van der Waals surface area contributed by atoms with Crippen molar-refractivity contribution in [2.24, 2.45) is 0 Å². The number of allylic oxidation sites excluding steroid dienone is 3. The van der Waals surface area contributed by atoms with E-state index in [2.05, 4.69) is 22.4 Å². The van der Waals surface area contributed by atoms with E-state index in [1.807, 2.05) is 31.4 Å². The van der Waals surface area contributed by atoms with Crippen LogP contribution in [0.15, 0.2) is 36.1 Å². The van der Waals surface area contributed by atoms with Crippen molar-refractivity contribution in [2.75, 3.05) is 32.6 Å². The Morgan fingerprint density at radius 2 is 2.23 bits per heavy atom. The molecule has 1 saturated heterocycles. The van der Waals surface area contributed by atoms with Gasteiger partial charge in [-0.2, -0.15) is 11.8 Å². The number of nitrogens with one attached hydrogen (secondary N) is 1. The molecule has 0 aromatic rings. The molecule has 122 valence electrons. The monoisotopic (exact) mass is 322 g/mol. The van der Waals surface area contributed by atoms with E-state index in [4.69, 9.17) is 4.74 Å². The van der Waals surface area contributed by atoms with Gasteiger partial charge in [0.15, 0.2) is 0 Å². The number of amides is 1. The third kappa shape index (κ3) is 5.30. The van der Waals surface area contributed by atoms with Crippen LogP contribution in [0.5, 0.6) is 0 Å². The van der Waals surface area contributed by atoms with Crippen LogP contribution >= 0.6 is 11.8 Å². The minimum atomic E-state index is -0.0381. The van der Waals surface area contributed by atoms with Crippen LogP contribution in [0.4, 0.5) is 0 Å². The van der Waals surface area contributed by atoms with E-state index in [9.17, 15) is 4.79 Å². The smallest absolute Gasteiger partial charge is 0.237 e. The van der Waals surface area contributed by atoms with E-state index in [1.165, 1.54) is 6.42 Å². The summed E-state index contributed by atoms with van der Waals surface area (Å²) < 4.78 is 5.58. The van der Waals surface area contributed by atoms with Crippen molar-refractivity contribution in [3.8, 4) is 0 Å². The Morgan fingerprint density at radius 3 is 3.05 bits per heavy atom. The summed E-state index contributed by atoms with van der Waals surface area (Å²) in [5.74, 6) is 0.0508. The molecule has 2 aliphatic rings. The fourth-order valence-corrected chi connectivity index (χ4v) is 2.76. The number of thioether (sulfide) groups is 1. The summed E-state index contributed by atoms with van der Waals surface area (Å²) in [5, 5.41) is 2.94. The topological polar surface area (TPSA) is 41.6 Å². The molecule has 0 bridgehead atoms. The summed E-state index contributed by atoms with van der Waals surface area (Å²) in [7, 11) is 0. The van der Waals surface area contributed by atoms with Gasteiger partial charge in [-0.25, -0.2) is 0 Å². The molecule has 2 atom stereocenters. The average Bonchev–Trinajstić information content (AvgIpc) is 2.72. The molecule has 1 aliphatic heterocycles. The quantitative estimate of drug-likeness (QED) is 0.863. The lowest BCUT2D eigenvalue weighted by Gasteiger charge is -2.29. The first kappa shape index (κ1) is 17.3. The molecule has 22 heavy (non-hydrogen) atoms. The second-order valence-corrected chi connectivity index (χ2v) is 6.76. The number of carbonyl (C=O) groups is 1. The van der Waals surface area contributed by atoms with Gasteiger partial charge < -0.3 is 10.1 Å². The molecular weight excluding hydrogens is 296 g/mol. The summed E-state index contributed by atoms with van der Waals surface area (Å²) in [6.07, 6.45) is 14.6. The summed E-state index contributed by atoms with van der Waals surface area (Å²) >= 11 is 1.55. The van der Waals surface area contributed by atoms with Crippen LogP contribution in [-0.2, 0) is 9.53 Å². The lowest BCUT2D eigenvalue weighted by Crippen LogP contribution is -2.37. The van der Waals surface area contributed by atoms with Crippen LogP contribution in [0.1, 0.15) is 19.8 Å². The average molecular weight is 322 g/mol. The van der Waals surface area contributed by atoms with Crippen LogP contribution in [0, 0.1) is 0 Å². The first-order chi connectivity index (χ1) is 10.7. The van der Waals surface area contributed by atoms with Crippen LogP contribution in [-0.4, -0.2) is 54.7 Å². The molecule has 1 fully saturated rings. The maximum Gasteiger partial charge on any atom is 0.237 e. The zero-order valence-corrected chi connectivity index (χ0v) is 14.3. The van der Waals surface area contributed by atoms with Gasteiger partial charge in [0.05, 0.1) is 11.9 Å². The Labute approximate surface area is 137 Å². The SMILES string of the molecule is CSC(C)C(=O)NC1=CC=CC(N2CCCCOCC2)C=C1. The van der Waals surface area contributed by atoms with Gasteiger partial charge in [-0.3, -0.25) is 9.69 Å². The minimum Gasteiger partial charge on any atom is -0.380 e. The number of nitrogens with zero attached hydrogens (tertiary/aromatic N) is 1. The summed E-state index contributed by atoms with van der Waals surface area (Å²) in [6, 6.07) is 0.269. The van der Waals surface area contributed by atoms with Gasteiger partial charge in [-0.15, -0.1) is 0 Å². The highest BCUT2D eigenvalue weighted by Crippen LogP contribution is 2.13. The molecule has 0 aromatic carbocycles. The minimum absolute atomic E-state index is 0.0381. The van der Waals surface area contributed by atoms with Crippen molar-refractivity contribution < 1.29 is 9.53 Å². The number of hydrogen-bond acceptors (Lipinski definition) is 4. The zero-order valence-electron chi connectivity index (χ0n) is 13.5. The fraction of sp³-hybridized carbons (Fsp3) is 0.588. The standard InChI is InChI=1S/C17H26N2O2S/c1-14(22-2)17(20)18-15-6-5-7-16(9-8-15)19-10-3-4-12-21-13-11-19/h5-9,14,16H,3-4,10-13H2,1-2H3,(H,18,20). The fourth-order valence-electron chi connectivity index (χ4n) is 2.49. The second kappa shape index (κ2) is 9.18. The van der Waals surface area contributed by atoms with Gasteiger partial charge in [0.25, 0.3) is 0 Å². The van der Waals surface area contributed by atoms with Crippen LogP contribution in [0.3, 0.4) is 0 Å². The Kier molecular flexibility index (Phi) is 7.22. The van der Waals surface area contributed by atoms with Crippen molar-refractivity contribution in [1.82, 2.24) is 10.2 Å². The molecule has 1 heterocycles. The molecule has 0 radical (unpaired) electrons. The second-order valence-electron chi connectivity index (χ2n) is 5.58. The zero-order chi connectivity index (χ0) is 15.8. The van der Waals surface area contributed by atoms with Gasteiger partial charge in [-0.1, -0.05) is 18.2 Å². The molecule has 1 N–H and O–H groups in total. The summed E-state index contributed by atoms with van der Waals surface area (Å²) in [5.41, 5.74) is 0.855. The van der Waals surface area contributed by atoms with Gasteiger partial charge in [-0.05, 0) is 44.7 Å². The number of rotatable bonds is 4. The van der Waals surface area contributed by atoms with E-state index in [0.717, 1.165) is 38.4 Å². The predicted molar refractivity (Wildman–Crippen MR) is 92.9 cm³/mol. The van der Waals surface area contributed by atoms with E-state index < -0.39 is 0 Å². The maximum absolute atomic E-state index is 12.0. The highest BCUT2D eigenvalue weighted by molar-refractivity contribution is 7.99. The Hall–Kier alpha value is -1.04. The van der Waals surface area contributed by atoms with Crippen LogP contribution in [0.2, 0.25) is 0 Å². The maximum atomic E-state index is 12.0. The molecule has 0 spiro atoms. The largest absolute Gasteiger partial charge is 0.380 e. The summed E-state index contributed by atoms with van der Waals surface area (Å²) in [6.45, 7) is 5.63. The Bertz CT molecular complexity index is 452. The van der Waals surface area contributed by atoms with Crippen LogP contribution in [0.25, 0.3) is 0 Å². The lowest BCUT2D eigenvalue weighted by atomic mass is 10.2. The molecule has 0 saturated carbocycles. The highest BCUT2D eigenvalue weighted by Gasteiger charge is 2.16. The number of carbonyl (C=O) groups excluding carboxylic acids is 1. The van der Waals surface area contributed by atoms with Crippen molar-refractivity contribution in [1.29, 1.82) is 0 Å². The number of hydrogen-bond donors (Lipinski definition) is 1. The molecule has 2 unspecified atom stereocenters. The highest BCUT2D eigenvalue weighted by atomic mass is 32.2. The molecule has 0 aromatic heterocycles. The van der Waals surface area contributed by atoms with Crippen LogP contribution < -0.4 is 5.32 Å². The molecule has 5 heteroatoms. The normalized spacial score (nSPS) is 24.8. The van der Waals surface area contributed by atoms with Gasteiger partial charge in [0.1, 0.15) is 0 Å². The predicted octanol–water partition coefficient (Wildman–Crippen LogP) is 2.35. The van der Waals surface area contributed by atoms with Gasteiger partial charge >= 0.3 is 0 Å². The molecule has 1 aliphatic carbocycles. The third-order valence-electron chi connectivity index (χ3n) is 3.98. The first-order valence-electron chi connectivity index (χ1n) is 7.93. The van der Waals surface area contributed by atoms with E-state index >= 15 is 0 Å². The molecule has 2 rings (SSSR count). The number of ether oxygens (including phenoxy) is 1. The van der Waals surface area contributed by atoms with Crippen molar-refractivity contribution in [3.05, 3.63) is 36.1 Å². The van der Waals surface area contributed by atoms with Crippen molar-refractivity contribution in [3.63, 3.8) is 0 Å². The molecule has 1 amide bonds. The first-order valence-corrected chi connectivity index (χ1v) is 9.21. The molecular formula is C17H26N2O2S. The summed E-state index contributed by atoms with van der Waals surface area (Å²) in [4.78, 5) is 14.4. The lowest BCUT2D eigenvalue weighted by molar-refractivity contribution is -0.119.